The Hall–Kier alpha value is -4.08. The van der Waals surface area contributed by atoms with Crippen LogP contribution in [-0.2, 0) is 11.2 Å². The summed E-state index contributed by atoms with van der Waals surface area (Å²) in [5.41, 5.74) is 5.38. The van der Waals surface area contributed by atoms with Gasteiger partial charge in [0.2, 0.25) is 0 Å². The number of allylic oxidation sites excluding steroid dienone is 1. The number of para-hydroxylation sites is 1. The van der Waals surface area contributed by atoms with Gasteiger partial charge in [-0.25, -0.2) is 5.43 Å². The van der Waals surface area contributed by atoms with E-state index in [2.05, 4.69) is 27.3 Å². The zero-order chi connectivity index (χ0) is 26.9. The van der Waals surface area contributed by atoms with Crippen molar-refractivity contribution < 1.29 is 14.6 Å². The Balaban J connectivity index is 1.50. The van der Waals surface area contributed by atoms with Gasteiger partial charge in [-0.1, -0.05) is 41.6 Å². The number of ether oxygens (including phenoxy) is 1. The number of nitrogens with one attached hydrogen (secondary N) is 1. The van der Waals surface area contributed by atoms with Crippen LogP contribution in [-0.4, -0.2) is 44.4 Å². The fourth-order valence-electron chi connectivity index (χ4n) is 3.61. The van der Waals surface area contributed by atoms with Crippen LogP contribution in [0.4, 0.5) is 0 Å². The Kier molecular flexibility index (Phi) is 9.18. The van der Waals surface area contributed by atoms with Gasteiger partial charge < -0.3 is 9.84 Å². The van der Waals surface area contributed by atoms with E-state index in [1.807, 2.05) is 60.0 Å². The minimum Gasteiger partial charge on any atom is -0.507 e. The van der Waals surface area contributed by atoms with E-state index >= 15 is 0 Å². The fourth-order valence-corrected chi connectivity index (χ4v) is 4.48. The van der Waals surface area contributed by atoms with Crippen LogP contribution in [0.3, 0.4) is 0 Å². The zero-order valence-corrected chi connectivity index (χ0v) is 22.2. The lowest BCUT2D eigenvalue weighted by Gasteiger charge is -2.11. The second-order valence-corrected chi connectivity index (χ2v) is 9.38. The molecule has 0 aliphatic heterocycles. The number of phenols is 1. The molecule has 194 valence electrons. The van der Waals surface area contributed by atoms with Gasteiger partial charge >= 0.3 is 0 Å². The first-order chi connectivity index (χ1) is 18.5. The number of hydrazone groups is 1. The molecule has 0 radical (unpaired) electrons. The molecular weight excluding hydrogens is 522 g/mol. The minimum atomic E-state index is -0.331. The number of carbonyl (C=O) groups is 1. The van der Waals surface area contributed by atoms with Crippen molar-refractivity contribution in [2.75, 3.05) is 12.4 Å². The molecule has 1 amide bonds. The van der Waals surface area contributed by atoms with Crippen LogP contribution in [0.5, 0.6) is 11.5 Å². The molecular formula is C28H26ClN5O3S. The Morgan fingerprint density at radius 1 is 1.16 bits per heavy atom. The molecule has 0 bridgehead atoms. The third-order valence-electron chi connectivity index (χ3n) is 5.38. The molecule has 0 aliphatic carbocycles. The number of carbonyl (C=O) groups excluding carboxylic acids is 1. The van der Waals surface area contributed by atoms with E-state index in [0.717, 1.165) is 22.6 Å². The highest BCUT2D eigenvalue weighted by Crippen LogP contribution is 2.29. The van der Waals surface area contributed by atoms with Crippen LogP contribution in [0.15, 0.2) is 89.6 Å². The first-order valence-electron chi connectivity index (χ1n) is 11.8. The van der Waals surface area contributed by atoms with Gasteiger partial charge in [0, 0.05) is 21.8 Å². The molecule has 0 aliphatic rings. The largest absolute Gasteiger partial charge is 0.507 e. The highest BCUT2D eigenvalue weighted by Gasteiger charge is 2.17. The predicted octanol–water partition coefficient (Wildman–Crippen LogP) is 5.66. The fraction of sp³-hybridized carbons (Fsp3) is 0.143. The van der Waals surface area contributed by atoms with Crippen molar-refractivity contribution in [3.05, 3.63) is 95.5 Å². The third kappa shape index (κ3) is 6.62. The number of phenolic OH excluding ortho intramolecular Hbond substituents is 1. The van der Waals surface area contributed by atoms with Crippen molar-refractivity contribution in [2.45, 2.75) is 18.5 Å². The molecule has 0 spiro atoms. The summed E-state index contributed by atoms with van der Waals surface area (Å²) in [6, 6.07) is 20.2. The number of nitrogens with zero attached hydrogens (tertiary/aromatic N) is 4. The lowest BCUT2D eigenvalue weighted by Crippen LogP contribution is -2.20. The Morgan fingerprint density at radius 2 is 1.92 bits per heavy atom. The maximum absolute atomic E-state index is 12.5. The minimum absolute atomic E-state index is 0.0512. The number of aromatic nitrogens is 3. The van der Waals surface area contributed by atoms with Crippen molar-refractivity contribution in [3.8, 4) is 28.6 Å². The maximum Gasteiger partial charge on any atom is 0.250 e. The highest BCUT2D eigenvalue weighted by atomic mass is 35.5. The summed E-state index contributed by atoms with van der Waals surface area (Å²) < 4.78 is 7.44. The first-order valence-corrected chi connectivity index (χ1v) is 13.2. The van der Waals surface area contributed by atoms with E-state index < -0.39 is 0 Å². The number of aromatic hydroxyl groups is 1. The molecule has 1 heterocycles. The topological polar surface area (TPSA) is 102 Å². The lowest BCUT2D eigenvalue weighted by atomic mass is 10.1. The van der Waals surface area contributed by atoms with Crippen LogP contribution < -0.4 is 10.2 Å². The molecule has 2 N–H and O–H groups in total. The van der Waals surface area contributed by atoms with E-state index in [-0.39, 0.29) is 17.4 Å². The van der Waals surface area contributed by atoms with Gasteiger partial charge in [-0.15, -0.1) is 16.8 Å². The van der Waals surface area contributed by atoms with Gasteiger partial charge in [0.25, 0.3) is 5.91 Å². The quantitative estimate of drug-likeness (QED) is 0.109. The van der Waals surface area contributed by atoms with Gasteiger partial charge in [-0.05, 0) is 73.5 Å². The molecule has 8 nitrogen and oxygen atoms in total. The van der Waals surface area contributed by atoms with Crippen molar-refractivity contribution in [3.63, 3.8) is 0 Å². The van der Waals surface area contributed by atoms with Crippen LogP contribution in [0, 0.1) is 0 Å². The summed E-state index contributed by atoms with van der Waals surface area (Å²) in [5.74, 6) is 1.20. The lowest BCUT2D eigenvalue weighted by molar-refractivity contribution is -0.118. The summed E-state index contributed by atoms with van der Waals surface area (Å²) >= 11 is 7.30. The van der Waals surface area contributed by atoms with E-state index in [1.54, 1.807) is 24.3 Å². The number of halogens is 1. The number of amides is 1. The predicted molar refractivity (Wildman–Crippen MR) is 151 cm³/mol. The van der Waals surface area contributed by atoms with Crippen LogP contribution >= 0.6 is 23.4 Å². The molecule has 4 rings (SSSR count). The van der Waals surface area contributed by atoms with Crippen molar-refractivity contribution >= 4 is 35.5 Å². The maximum atomic E-state index is 12.5. The molecule has 0 saturated heterocycles. The van der Waals surface area contributed by atoms with Gasteiger partial charge in [-0.2, -0.15) is 5.10 Å². The van der Waals surface area contributed by atoms with E-state index in [0.29, 0.717) is 34.6 Å². The number of hydrogen-bond acceptors (Lipinski definition) is 7. The molecule has 0 saturated carbocycles. The van der Waals surface area contributed by atoms with E-state index in [4.69, 9.17) is 16.3 Å². The molecule has 1 aromatic heterocycles. The van der Waals surface area contributed by atoms with E-state index in [1.165, 1.54) is 18.0 Å². The summed E-state index contributed by atoms with van der Waals surface area (Å²) in [6.45, 7) is 6.19. The standard InChI is InChI=1S/C28H26ClN5O3S/c1-3-6-19-7-5-8-21(26(19)36)17-30-31-25(35)18-38-28-33-32-27(20-9-11-22(29)12-10-20)34(28)23-13-15-24(16-14-23)37-4-2/h3,5,7-17,36H,1,4,6,18H2,2H3,(H,31,35). The second kappa shape index (κ2) is 12.9. The average Bonchev–Trinajstić information content (AvgIpc) is 3.34. The number of thioether (sulfide) groups is 1. The average molecular weight is 548 g/mol. The van der Waals surface area contributed by atoms with Crippen molar-refractivity contribution in [1.29, 1.82) is 0 Å². The normalized spacial score (nSPS) is 11.0. The Bertz CT molecular complexity index is 1440. The van der Waals surface area contributed by atoms with Gasteiger partial charge in [-0.3, -0.25) is 9.36 Å². The van der Waals surface area contributed by atoms with Crippen LogP contribution in [0.25, 0.3) is 17.1 Å². The van der Waals surface area contributed by atoms with Crippen molar-refractivity contribution in [1.82, 2.24) is 20.2 Å². The molecule has 0 fully saturated rings. The number of hydrogen-bond donors (Lipinski definition) is 2. The van der Waals surface area contributed by atoms with Gasteiger partial charge in [0.15, 0.2) is 11.0 Å². The van der Waals surface area contributed by atoms with Crippen LogP contribution in [0.1, 0.15) is 18.1 Å². The molecule has 38 heavy (non-hydrogen) atoms. The zero-order valence-electron chi connectivity index (χ0n) is 20.7. The Labute approximate surface area is 230 Å². The smallest absolute Gasteiger partial charge is 0.250 e. The summed E-state index contributed by atoms with van der Waals surface area (Å²) in [5, 5.41) is 24.2. The van der Waals surface area contributed by atoms with Gasteiger partial charge in [0.1, 0.15) is 11.5 Å². The first kappa shape index (κ1) is 27.0. The summed E-state index contributed by atoms with van der Waals surface area (Å²) in [4.78, 5) is 12.5. The summed E-state index contributed by atoms with van der Waals surface area (Å²) in [7, 11) is 0. The number of rotatable bonds is 11. The highest BCUT2D eigenvalue weighted by molar-refractivity contribution is 7.99. The van der Waals surface area contributed by atoms with E-state index in [9.17, 15) is 9.90 Å². The van der Waals surface area contributed by atoms with Crippen molar-refractivity contribution in [2.24, 2.45) is 5.10 Å². The molecule has 4 aromatic rings. The molecule has 0 atom stereocenters. The van der Waals surface area contributed by atoms with Crippen LogP contribution in [0.2, 0.25) is 5.02 Å². The molecule has 0 unspecified atom stereocenters. The molecule has 10 heteroatoms. The second-order valence-electron chi connectivity index (χ2n) is 8.01. The monoisotopic (exact) mass is 547 g/mol. The number of benzene rings is 3. The SMILES string of the molecule is C=CCc1cccc(C=NNC(=O)CSc2nnc(-c3ccc(Cl)cc3)n2-c2ccc(OCC)cc2)c1O. The summed E-state index contributed by atoms with van der Waals surface area (Å²) in [6.07, 6.45) is 3.65. The van der Waals surface area contributed by atoms with Gasteiger partial charge in [0.05, 0.1) is 18.6 Å². The third-order valence-corrected chi connectivity index (χ3v) is 6.56. The molecule has 3 aromatic carbocycles. The Morgan fingerprint density at radius 3 is 2.63 bits per heavy atom.